The first-order valence-corrected chi connectivity index (χ1v) is 5.04. The molecular weight excluding hydrogens is 267 g/mol. The van der Waals surface area contributed by atoms with Gasteiger partial charge in [0.2, 0.25) is 0 Å². The molecule has 0 bridgehead atoms. The van der Waals surface area contributed by atoms with Crippen LogP contribution in [0.15, 0.2) is 24.3 Å². The van der Waals surface area contributed by atoms with E-state index in [1.54, 1.807) is 0 Å². The molecule has 0 aliphatic heterocycles. The van der Waals surface area contributed by atoms with E-state index in [9.17, 15) is 22.0 Å². The molecule has 0 spiro atoms. The highest BCUT2D eigenvalue weighted by Crippen LogP contribution is 2.30. The summed E-state index contributed by atoms with van der Waals surface area (Å²) < 4.78 is 65.6. The van der Waals surface area contributed by atoms with E-state index in [1.165, 1.54) is 0 Å². The zero-order chi connectivity index (χ0) is 14.2. The first-order valence-electron chi connectivity index (χ1n) is 5.04. The zero-order valence-electron chi connectivity index (χ0n) is 9.28. The van der Waals surface area contributed by atoms with Crippen molar-refractivity contribution < 1.29 is 22.0 Å². The Kier molecular flexibility index (Phi) is 3.28. The van der Waals surface area contributed by atoms with Crippen molar-refractivity contribution >= 4 is 17.1 Å². The Labute approximate surface area is 104 Å². The van der Waals surface area contributed by atoms with Crippen LogP contribution in [0.25, 0.3) is 0 Å². The fraction of sp³-hybridized carbons (Fsp3) is 0. The third-order valence-electron chi connectivity index (χ3n) is 2.36. The maximum Gasteiger partial charge on any atom is 0.152 e. The van der Waals surface area contributed by atoms with E-state index in [0.717, 1.165) is 6.07 Å². The van der Waals surface area contributed by atoms with Gasteiger partial charge in [-0.15, -0.1) is 0 Å². The summed E-state index contributed by atoms with van der Waals surface area (Å²) in [6, 6.07) is 2.15. The molecule has 0 radical (unpaired) electrons. The van der Waals surface area contributed by atoms with E-state index in [0.29, 0.717) is 18.2 Å². The molecule has 7 heteroatoms. The van der Waals surface area contributed by atoms with Crippen LogP contribution in [0, 0.1) is 29.1 Å². The van der Waals surface area contributed by atoms with E-state index in [4.69, 9.17) is 5.73 Å². The number of nitrogens with one attached hydrogen (secondary N) is 1. The lowest BCUT2D eigenvalue weighted by Crippen LogP contribution is -2.03. The Morgan fingerprint density at radius 1 is 0.737 bits per heavy atom. The van der Waals surface area contributed by atoms with E-state index in [1.807, 2.05) is 0 Å². The topological polar surface area (TPSA) is 38.0 Å². The molecule has 100 valence electrons. The van der Waals surface area contributed by atoms with Crippen LogP contribution in [0.2, 0.25) is 0 Å². The van der Waals surface area contributed by atoms with Gasteiger partial charge < -0.3 is 11.1 Å². The minimum Gasteiger partial charge on any atom is -0.395 e. The monoisotopic (exact) mass is 274 g/mol. The largest absolute Gasteiger partial charge is 0.395 e. The normalized spacial score (nSPS) is 10.6. The van der Waals surface area contributed by atoms with Crippen LogP contribution in [-0.2, 0) is 0 Å². The number of benzene rings is 2. The molecule has 0 unspecified atom stereocenters. The average molecular weight is 274 g/mol. The molecule has 0 heterocycles. The lowest BCUT2D eigenvalue weighted by molar-refractivity contribution is 0.548. The van der Waals surface area contributed by atoms with Gasteiger partial charge in [0, 0.05) is 18.2 Å². The number of rotatable bonds is 2. The van der Waals surface area contributed by atoms with Crippen LogP contribution in [0.1, 0.15) is 0 Å². The fourth-order valence-electron chi connectivity index (χ4n) is 1.48. The summed E-state index contributed by atoms with van der Waals surface area (Å²) in [5, 5.41) is 2.10. The lowest BCUT2D eigenvalue weighted by Gasteiger charge is -2.12. The van der Waals surface area contributed by atoms with Gasteiger partial charge in [-0.2, -0.15) is 0 Å². The Morgan fingerprint density at radius 2 is 1.21 bits per heavy atom. The summed E-state index contributed by atoms with van der Waals surface area (Å²) >= 11 is 0. The van der Waals surface area contributed by atoms with Gasteiger partial charge in [0.1, 0.15) is 17.3 Å². The number of halogens is 5. The number of nitrogens with two attached hydrogens (primary N) is 1. The van der Waals surface area contributed by atoms with E-state index < -0.39 is 40.5 Å². The summed E-state index contributed by atoms with van der Waals surface area (Å²) in [7, 11) is 0. The molecular formula is C12H7F5N2. The third-order valence-corrected chi connectivity index (χ3v) is 2.36. The predicted molar refractivity (Wildman–Crippen MR) is 60.4 cm³/mol. The molecule has 0 atom stereocenters. The Bertz CT molecular complexity index is 619. The Morgan fingerprint density at radius 3 is 1.79 bits per heavy atom. The highest BCUT2D eigenvalue weighted by Gasteiger charge is 2.15. The van der Waals surface area contributed by atoms with Gasteiger partial charge in [-0.05, 0) is 6.07 Å². The van der Waals surface area contributed by atoms with E-state index >= 15 is 0 Å². The molecule has 0 fully saturated rings. The third kappa shape index (κ3) is 2.59. The van der Waals surface area contributed by atoms with Gasteiger partial charge in [-0.25, -0.2) is 22.0 Å². The quantitative estimate of drug-likeness (QED) is 0.647. The minimum atomic E-state index is -1.25. The summed E-state index contributed by atoms with van der Waals surface area (Å²) in [6.45, 7) is 0. The summed E-state index contributed by atoms with van der Waals surface area (Å²) in [5.74, 6) is -5.66. The molecule has 0 saturated carbocycles. The second-order valence-electron chi connectivity index (χ2n) is 3.72. The van der Waals surface area contributed by atoms with Gasteiger partial charge in [-0.1, -0.05) is 0 Å². The van der Waals surface area contributed by atoms with Crippen molar-refractivity contribution in [2.45, 2.75) is 0 Å². The molecule has 0 aromatic heterocycles. The smallest absolute Gasteiger partial charge is 0.152 e. The van der Waals surface area contributed by atoms with Crippen molar-refractivity contribution in [2.75, 3.05) is 11.1 Å². The van der Waals surface area contributed by atoms with Crippen molar-refractivity contribution in [1.29, 1.82) is 0 Å². The lowest BCUT2D eigenvalue weighted by atomic mass is 10.2. The first kappa shape index (κ1) is 13.1. The molecule has 3 N–H and O–H groups in total. The van der Waals surface area contributed by atoms with E-state index in [-0.39, 0.29) is 5.69 Å². The van der Waals surface area contributed by atoms with Crippen molar-refractivity contribution in [3.05, 3.63) is 53.4 Å². The van der Waals surface area contributed by atoms with Crippen molar-refractivity contribution in [3.63, 3.8) is 0 Å². The highest BCUT2D eigenvalue weighted by molar-refractivity contribution is 5.73. The highest BCUT2D eigenvalue weighted by atomic mass is 19.2. The molecule has 2 aromatic carbocycles. The minimum absolute atomic E-state index is 0.359. The zero-order valence-corrected chi connectivity index (χ0v) is 9.28. The van der Waals surface area contributed by atoms with Gasteiger partial charge in [-0.3, -0.25) is 0 Å². The van der Waals surface area contributed by atoms with Crippen LogP contribution < -0.4 is 11.1 Å². The number of anilines is 3. The number of hydrogen-bond acceptors (Lipinski definition) is 2. The number of hydrogen-bond donors (Lipinski definition) is 2. The summed E-state index contributed by atoms with van der Waals surface area (Å²) in [4.78, 5) is 0. The fourth-order valence-corrected chi connectivity index (χ4v) is 1.48. The van der Waals surface area contributed by atoms with Crippen molar-refractivity contribution in [1.82, 2.24) is 0 Å². The molecule has 0 saturated heterocycles. The van der Waals surface area contributed by atoms with Crippen molar-refractivity contribution in [2.24, 2.45) is 0 Å². The van der Waals surface area contributed by atoms with Crippen molar-refractivity contribution in [3.8, 4) is 0 Å². The standard InChI is InChI=1S/C12H7F5N2/c13-5-2-8(16)12(9(17)3-5)19-10-4-6(14)1-7(15)11(10)18/h1-4,19H,18H2. The maximum atomic E-state index is 13.4. The molecule has 2 rings (SSSR count). The van der Waals surface area contributed by atoms with Crippen LogP contribution in [-0.4, -0.2) is 0 Å². The average Bonchev–Trinajstić information content (AvgIpc) is 2.29. The molecule has 0 aliphatic carbocycles. The number of nitrogen functional groups attached to an aromatic ring is 1. The van der Waals surface area contributed by atoms with Crippen LogP contribution in [0.5, 0.6) is 0 Å². The van der Waals surface area contributed by atoms with Gasteiger partial charge in [0.15, 0.2) is 17.5 Å². The SMILES string of the molecule is Nc1c(F)cc(F)cc1Nc1c(F)cc(F)cc1F. The Balaban J connectivity index is 2.48. The van der Waals surface area contributed by atoms with Gasteiger partial charge in [0.25, 0.3) is 0 Å². The molecule has 0 amide bonds. The molecule has 2 nitrogen and oxygen atoms in total. The summed E-state index contributed by atoms with van der Waals surface area (Å²) in [6.07, 6.45) is 0. The molecule has 2 aromatic rings. The first-order chi connectivity index (χ1) is 8.88. The van der Waals surface area contributed by atoms with E-state index in [2.05, 4.69) is 5.32 Å². The van der Waals surface area contributed by atoms with Crippen LogP contribution >= 0.6 is 0 Å². The second kappa shape index (κ2) is 4.75. The van der Waals surface area contributed by atoms with Crippen LogP contribution in [0.4, 0.5) is 39.0 Å². The molecule has 19 heavy (non-hydrogen) atoms. The van der Waals surface area contributed by atoms with Gasteiger partial charge >= 0.3 is 0 Å². The maximum absolute atomic E-state index is 13.4. The van der Waals surface area contributed by atoms with Gasteiger partial charge in [0.05, 0.1) is 11.4 Å². The Hall–Kier alpha value is -2.31. The second-order valence-corrected chi connectivity index (χ2v) is 3.72. The summed E-state index contributed by atoms with van der Waals surface area (Å²) in [5.41, 5.74) is 3.69. The molecule has 0 aliphatic rings. The predicted octanol–water partition coefficient (Wildman–Crippen LogP) is 3.71. The van der Waals surface area contributed by atoms with Crippen LogP contribution in [0.3, 0.4) is 0 Å².